The normalized spacial score (nSPS) is 16.3. The van der Waals surface area contributed by atoms with Crippen molar-refractivity contribution in [3.8, 4) is 5.75 Å². The molecule has 0 atom stereocenters. The number of fused-ring (bicyclic) bond motifs is 1. The zero-order valence-electron chi connectivity index (χ0n) is 19.2. The van der Waals surface area contributed by atoms with Gasteiger partial charge in [-0.2, -0.15) is 0 Å². The van der Waals surface area contributed by atoms with E-state index in [1.54, 1.807) is 18.2 Å². The maximum Gasteiger partial charge on any atom is 0.341 e. The van der Waals surface area contributed by atoms with Crippen LogP contribution in [0.3, 0.4) is 0 Å². The van der Waals surface area contributed by atoms with Crippen LogP contribution in [0.4, 0.5) is 5.00 Å². The molecule has 0 saturated carbocycles. The second kappa shape index (κ2) is 9.01. The quantitative estimate of drug-likeness (QED) is 0.458. The van der Waals surface area contributed by atoms with Crippen LogP contribution in [-0.4, -0.2) is 31.1 Å². The molecule has 1 aromatic heterocycles. The van der Waals surface area contributed by atoms with Crippen molar-refractivity contribution in [1.29, 1.82) is 0 Å². The van der Waals surface area contributed by atoms with Crippen LogP contribution in [0.15, 0.2) is 24.3 Å². The van der Waals surface area contributed by atoms with Crippen molar-refractivity contribution >= 4 is 28.2 Å². The molecule has 0 saturated heterocycles. The number of rotatable bonds is 7. The Hall–Kier alpha value is -2.38. The summed E-state index contributed by atoms with van der Waals surface area (Å²) in [6.45, 7) is 11.1. The topological polar surface area (TPSA) is 76.7 Å². The highest BCUT2D eigenvalue weighted by molar-refractivity contribution is 7.17. The summed E-state index contributed by atoms with van der Waals surface area (Å²) in [5, 5.41) is 7.11. The Balaban J connectivity index is 1.93. The molecule has 2 N–H and O–H groups in total. The average Bonchev–Trinajstić information content (AvgIpc) is 3.04. The van der Waals surface area contributed by atoms with E-state index in [1.807, 2.05) is 6.07 Å². The highest BCUT2D eigenvalue weighted by Gasteiger charge is 2.42. The van der Waals surface area contributed by atoms with Gasteiger partial charge in [0, 0.05) is 21.5 Å². The van der Waals surface area contributed by atoms with Crippen molar-refractivity contribution < 1.29 is 19.1 Å². The fourth-order valence-corrected chi connectivity index (χ4v) is 5.43. The summed E-state index contributed by atoms with van der Waals surface area (Å²) in [4.78, 5) is 26.8. The summed E-state index contributed by atoms with van der Waals surface area (Å²) in [6.07, 6.45) is 2.67. The van der Waals surface area contributed by atoms with Crippen LogP contribution in [-0.2, 0) is 16.7 Å². The summed E-state index contributed by atoms with van der Waals surface area (Å²) in [5.41, 5.74) is 1.35. The molecular weight excluding hydrogens is 412 g/mol. The Kier molecular flexibility index (Phi) is 6.76. The molecule has 1 aliphatic rings. The molecule has 0 bridgehead atoms. The number of nitrogens with one attached hydrogen (secondary N) is 2. The minimum atomic E-state index is -0.432. The van der Waals surface area contributed by atoms with E-state index in [0.717, 1.165) is 23.3 Å². The number of anilines is 1. The van der Waals surface area contributed by atoms with Gasteiger partial charge >= 0.3 is 5.97 Å². The van der Waals surface area contributed by atoms with E-state index < -0.39 is 5.97 Å². The molecule has 1 aromatic carbocycles. The van der Waals surface area contributed by atoms with Crippen LogP contribution in [0.5, 0.6) is 5.75 Å². The summed E-state index contributed by atoms with van der Waals surface area (Å²) in [5.74, 6) is -0.0560. The summed E-state index contributed by atoms with van der Waals surface area (Å²) in [6, 6.07) is 7.10. The molecule has 168 valence electrons. The van der Waals surface area contributed by atoms with Crippen molar-refractivity contribution in [1.82, 2.24) is 5.32 Å². The molecule has 1 amide bonds. The first-order valence-electron chi connectivity index (χ1n) is 10.7. The number of thiophene rings is 1. The number of ether oxygens (including phenoxy) is 2. The maximum atomic E-state index is 13.0. The van der Waals surface area contributed by atoms with Crippen molar-refractivity contribution in [3.05, 3.63) is 45.8 Å². The van der Waals surface area contributed by atoms with Gasteiger partial charge in [0.1, 0.15) is 10.8 Å². The van der Waals surface area contributed by atoms with Crippen molar-refractivity contribution in [2.75, 3.05) is 19.0 Å². The molecule has 6 nitrogen and oxygen atoms in total. The summed E-state index contributed by atoms with van der Waals surface area (Å²) in [7, 11) is 1.37. The van der Waals surface area contributed by atoms with E-state index >= 15 is 0 Å². The highest BCUT2D eigenvalue weighted by atomic mass is 32.1. The molecule has 31 heavy (non-hydrogen) atoms. The van der Waals surface area contributed by atoms with E-state index in [4.69, 9.17) is 9.47 Å². The molecule has 1 aliphatic heterocycles. The Labute approximate surface area is 188 Å². The molecule has 0 spiro atoms. The smallest absolute Gasteiger partial charge is 0.341 e. The summed E-state index contributed by atoms with van der Waals surface area (Å²) < 4.78 is 10.8. The third kappa shape index (κ3) is 5.10. The maximum absolute atomic E-state index is 13.0. The average molecular weight is 445 g/mol. The Morgan fingerprint density at radius 1 is 1.23 bits per heavy atom. The lowest BCUT2D eigenvalue weighted by atomic mass is 9.81. The van der Waals surface area contributed by atoms with Gasteiger partial charge in [-0.3, -0.25) is 4.79 Å². The second-order valence-electron chi connectivity index (χ2n) is 9.10. The number of carbonyl (C=O) groups excluding carboxylic acids is 2. The SMILES string of the molecule is CCCCOc1cccc(C(=O)Nc2sc3c(c2C(=O)OC)CC(C)(C)NC3(C)C)c1. The number of benzene rings is 1. The van der Waals surface area contributed by atoms with Crippen LogP contribution in [0.1, 0.15) is 78.6 Å². The standard InChI is InChI=1S/C24H32N2O4S/c1-7-8-12-30-16-11-9-10-15(13-16)20(27)25-21-18(22(28)29-6)17-14-23(2,3)26-24(4,5)19(17)31-21/h9-11,13,26H,7-8,12,14H2,1-6H3,(H,25,27). The molecule has 0 fully saturated rings. The third-order valence-corrected chi connectivity index (χ3v) is 6.79. The van der Waals surface area contributed by atoms with Crippen LogP contribution in [0, 0.1) is 0 Å². The first-order chi connectivity index (χ1) is 14.6. The van der Waals surface area contributed by atoms with Crippen LogP contribution in [0.2, 0.25) is 0 Å². The highest BCUT2D eigenvalue weighted by Crippen LogP contribution is 2.45. The fourth-order valence-electron chi connectivity index (χ4n) is 4.17. The molecular formula is C24H32N2O4S. The molecule has 2 aromatic rings. The van der Waals surface area contributed by atoms with Gasteiger partial charge in [-0.05, 0) is 64.3 Å². The van der Waals surface area contributed by atoms with Gasteiger partial charge in [0.15, 0.2) is 0 Å². The molecule has 7 heteroatoms. The van der Waals surface area contributed by atoms with Crippen molar-refractivity contribution in [3.63, 3.8) is 0 Å². The van der Waals surface area contributed by atoms with Gasteiger partial charge in [0.2, 0.25) is 0 Å². The van der Waals surface area contributed by atoms with Gasteiger partial charge in [0.05, 0.1) is 19.3 Å². The first-order valence-corrected chi connectivity index (χ1v) is 11.5. The number of methoxy groups -OCH3 is 1. The Morgan fingerprint density at radius 2 is 1.97 bits per heavy atom. The zero-order valence-corrected chi connectivity index (χ0v) is 20.0. The minimum Gasteiger partial charge on any atom is -0.494 e. The number of hydrogen-bond acceptors (Lipinski definition) is 6. The summed E-state index contributed by atoms with van der Waals surface area (Å²) >= 11 is 1.43. The van der Waals surface area contributed by atoms with Gasteiger partial charge in [0.25, 0.3) is 5.91 Å². The Morgan fingerprint density at radius 3 is 2.65 bits per heavy atom. The lowest BCUT2D eigenvalue weighted by molar-refractivity contribution is 0.0600. The molecule has 2 heterocycles. The lowest BCUT2D eigenvalue weighted by Crippen LogP contribution is -2.55. The van der Waals surface area contributed by atoms with E-state index in [2.05, 4.69) is 45.3 Å². The minimum absolute atomic E-state index is 0.189. The Bertz CT molecular complexity index is 978. The van der Waals surface area contributed by atoms with Gasteiger partial charge < -0.3 is 20.1 Å². The van der Waals surface area contributed by atoms with Gasteiger partial charge in [-0.1, -0.05) is 19.4 Å². The molecule has 3 rings (SSSR count). The third-order valence-electron chi connectivity index (χ3n) is 5.32. The second-order valence-corrected chi connectivity index (χ2v) is 10.1. The van der Waals surface area contributed by atoms with Crippen LogP contribution in [0.25, 0.3) is 0 Å². The van der Waals surface area contributed by atoms with Crippen LogP contribution < -0.4 is 15.4 Å². The fraction of sp³-hybridized carbons (Fsp3) is 0.500. The molecule has 0 unspecified atom stereocenters. The predicted molar refractivity (Wildman–Crippen MR) is 124 cm³/mol. The number of esters is 1. The van der Waals surface area contributed by atoms with E-state index in [-0.39, 0.29) is 17.0 Å². The predicted octanol–water partition coefficient (Wildman–Crippen LogP) is 5.13. The van der Waals surface area contributed by atoms with Crippen LogP contribution >= 0.6 is 11.3 Å². The first kappa shape index (κ1) is 23.3. The van der Waals surface area contributed by atoms with E-state index in [0.29, 0.717) is 34.9 Å². The number of hydrogen-bond donors (Lipinski definition) is 2. The van der Waals surface area contributed by atoms with E-state index in [9.17, 15) is 9.59 Å². The van der Waals surface area contributed by atoms with Gasteiger partial charge in [-0.15, -0.1) is 11.3 Å². The molecule has 0 radical (unpaired) electrons. The largest absolute Gasteiger partial charge is 0.494 e. The lowest BCUT2D eigenvalue weighted by Gasteiger charge is -2.42. The number of unbranched alkanes of at least 4 members (excludes halogenated alkanes) is 1. The van der Waals surface area contributed by atoms with Crippen molar-refractivity contribution in [2.45, 2.75) is 65.0 Å². The monoisotopic (exact) mass is 444 g/mol. The van der Waals surface area contributed by atoms with E-state index in [1.165, 1.54) is 18.4 Å². The number of carbonyl (C=O) groups is 2. The molecule has 0 aliphatic carbocycles. The van der Waals surface area contributed by atoms with Crippen molar-refractivity contribution in [2.24, 2.45) is 0 Å². The number of amides is 1. The van der Waals surface area contributed by atoms with Gasteiger partial charge in [-0.25, -0.2) is 4.79 Å². The zero-order chi connectivity index (χ0) is 22.8.